The minimum Gasteiger partial charge on any atom is -0.465 e. The van der Waals surface area contributed by atoms with Crippen molar-refractivity contribution >= 4 is 17.9 Å². The summed E-state index contributed by atoms with van der Waals surface area (Å²) in [4.78, 5) is 38.4. The first kappa shape index (κ1) is 26.4. The number of carbonyl (C=O) groups is 3. The van der Waals surface area contributed by atoms with Gasteiger partial charge in [-0.2, -0.15) is 0 Å². The van der Waals surface area contributed by atoms with E-state index in [1.807, 2.05) is 0 Å². The lowest BCUT2D eigenvalue weighted by Gasteiger charge is -2.34. The van der Waals surface area contributed by atoms with E-state index in [1.54, 1.807) is 0 Å². The van der Waals surface area contributed by atoms with Crippen molar-refractivity contribution < 1.29 is 28.6 Å². The monoisotopic (exact) mass is 426 g/mol. The minimum atomic E-state index is -0.808. The summed E-state index contributed by atoms with van der Waals surface area (Å²) in [7, 11) is 0. The van der Waals surface area contributed by atoms with Gasteiger partial charge in [0.25, 0.3) is 0 Å². The zero-order valence-electron chi connectivity index (χ0n) is 19.3. The average Bonchev–Trinajstić information content (AvgIpc) is 2.76. The van der Waals surface area contributed by atoms with E-state index in [1.165, 1.54) is 0 Å². The fraction of sp³-hybridized carbons (Fsp3) is 0.875. The van der Waals surface area contributed by atoms with E-state index in [2.05, 4.69) is 20.8 Å². The molecule has 0 heterocycles. The van der Waals surface area contributed by atoms with E-state index in [4.69, 9.17) is 14.2 Å². The predicted molar refractivity (Wildman–Crippen MR) is 116 cm³/mol. The van der Waals surface area contributed by atoms with Crippen molar-refractivity contribution in [2.75, 3.05) is 19.8 Å². The van der Waals surface area contributed by atoms with Crippen LogP contribution in [-0.4, -0.2) is 37.7 Å². The van der Waals surface area contributed by atoms with Crippen LogP contribution in [0.2, 0.25) is 0 Å². The molecule has 0 N–H and O–H groups in total. The highest BCUT2D eigenvalue weighted by molar-refractivity contribution is 5.87. The van der Waals surface area contributed by atoms with Crippen molar-refractivity contribution in [3.8, 4) is 0 Å². The molecule has 30 heavy (non-hydrogen) atoms. The van der Waals surface area contributed by atoms with Crippen LogP contribution in [0.25, 0.3) is 0 Å². The van der Waals surface area contributed by atoms with E-state index in [9.17, 15) is 14.4 Å². The molecule has 0 aromatic heterocycles. The molecule has 0 saturated heterocycles. The zero-order chi connectivity index (χ0) is 22.2. The van der Waals surface area contributed by atoms with Gasteiger partial charge in [-0.25, -0.2) is 0 Å². The Morgan fingerprint density at radius 1 is 0.600 bits per heavy atom. The summed E-state index contributed by atoms with van der Waals surface area (Å²) in [5.74, 6) is -3.30. The van der Waals surface area contributed by atoms with Crippen LogP contribution in [-0.2, 0) is 28.6 Å². The van der Waals surface area contributed by atoms with Crippen LogP contribution in [0.1, 0.15) is 97.8 Å². The van der Waals surface area contributed by atoms with Gasteiger partial charge in [0.1, 0.15) is 0 Å². The van der Waals surface area contributed by atoms with E-state index < -0.39 is 23.7 Å². The standard InChI is InChI=1S/C24H42O6/c1-4-7-10-16-28-22(25)19-14-13-15-20(23(26)29-17-11-8-5-2)21(19)24(27)30-18-12-9-6-3/h19-21H,4-18H2,1-3H3. The third-order valence-corrected chi connectivity index (χ3v) is 5.75. The summed E-state index contributed by atoms with van der Waals surface area (Å²) in [6.45, 7) is 7.29. The van der Waals surface area contributed by atoms with Crippen molar-refractivity contribution in [1.29, 1.82) is 0 Å². The van der Waals surface area contributed by atoms with Crippen LogP contribution in [0.3, 0.4) is 0 Å². The maximum Gasteiger partial charge on any atom is 0.310 e. The molecule has 1 aliphatic carbocycles. The third-order valence-electron chi connectivity index (χ3n) is 5.75. The molecule has 0 bridgehead atoms. The second-order valence-corrected chi connectivity index (χ2v) is 8.29. The molecule has 174 valence electrons. The number of hydrogen-bond acceptors (Lipinski definition) is 6. The maximum absolute atomic E-state index is 12.9. The molecular formula is C24H42O6. The quantitative estimate of drug-likeness (QED) is 0.203. The van der Waals surface area contributed by atoms with Crippen LogP contribution >= 0.6 is 0 Å². The summed E-state index contributed by atoms with van der Waals surface area (Å²) in [6.07, 6.45) is 10.3. The summed E-state index contributed by atoms with van der Waals surface area (Å²) in [5, 5.41) is 0. The lowest BCUT2D eigenvalue weighted by atomic mass is 9.72. The van der Waals surface area contributed by atoms with E-state index in [0.717, 1.165) is 57.8 Å². The topological polar surface area (TPSA) is 78.9 Å². The molecule has 1 aliphatic rings. The van der Waals surface area contributed by atoms with Crippen LogP contribution in [0, 0.1) is 17.8 Å². The van der Waals surface area contributed by atoms with Gasteiger partial charge in [-0.05, 0) is 32.1 Å². The number of rotatable bonds is 15. The molecule has 2 atom stereocenters. The second-order valence-electron chi connectivity index (χ2n) is 8.29. The van der Waals surface area contributed by atoms with Crippen molar-refractivity contribution in [2.45, 2.75) is 97.8 Å². The molecule has 1 fully saturated rings. The maximum atomic E-state index is 12.9. The Labute approximate surface area is 182 Å². The van der Waals surface area contributed by atoms with Gasteiger partial charge in [0, 0.05) is 0 Å². The molecule has 0 aliphatic heterocycles. The number of unbranched alkanes of at least 4 members (excludes halogenated alkanes) is 6. The zero-order valence-corrected chi connectivity index (χ0v) is 19.3. The average molecular weight is 427 g/mol. The van der Waals surface area contributed by atoms with Gasteiger partial charge in [-0.1, -0.05) is 65.7 Å². The first-order valence-electron chi connectivity index (χ1n) is 12.1. The van der Waals surface area contributed by atoms with E-state index in [-0.39, 0.29) is 11.9 Å². The first-order chi connectivity index (χ1) is 14.6. The van der Waals surface area contributed by atoms with Gasteiger partial charge in [-0.3, -0.25) is 14.4 Å². The Balaban J connectivity index is 2.80. The smallest absolute Gasteiger partial charge is 0.310 e. The van der Waals surface area contributed by atoms with Gasteiger partial charge in [0.05, 0.1) is 37.6 Å². The molecule has 0 aromatic rings. The SMILES string of the molecule is CCCCCOC(=O)C1CCCC(C(=O)OCCCCC)C1C(=O)OCCCCC. The van der Waals surface area contributed by atoms with Gasteiger partial charge < -0.3 is 14.2 Å². The Hall–Kier alpha value is -1.59. The highest BCUT2D eigenvalue weighted by Gasteiger charge is 2.47. The van der Waals surface area contributed by atoms with E-state index >= 15 is 0 Å². The Bertz CT molecular complexity index is 472. The van der Waals surface area contributed by atoms with Crippen molar-refractivity contribution in [3.63, 3.8) is 0 Å². The normalized spacial score (nSPS) is 21.1. The molecule has 6 heteroatoms. The largest absolute Gasteiger partial charge is 0.465 e. The molecule has 1 saturated carbocycles. The van der Waals surface area contributed by atoms with Crippen molar-refractivity contribution in [3.05, 3.63) is 0 Å². The summed E-state index contributed by atoms with van der Waals surface area (Å²) >= 11 is 0. The molecule has 0 amide bonds. The Morgan fingerprint density at radius 2 is 0.967 bits per heavy atom. The third kappa shape index (κ3) is 9.48. The first-order valence-corrected chi connectivity index (χ1v) is 12.1. The minimum absolute atomic E-state index is 0.319. The highest BCUT2D eigenvalue weighted by atomic mass is 16.5. The number of esters is 3. The van der Waals surface area contributed by atoms with Gasteiger partial charge >= 0.3 is 17.9 Å². The van der Waals surface area contributed by atoms with Crippen molar-refractivity contribution in [1.82, 2.24) is 0 Å². The molecule has 1 rings (SSSR count). The number of carbonyl (C=O) groups excluding carboxylic acids is 3. The highest BCUT2D eigenvalue weighted by Crippen LogP contribution is 2.37. The van der Waals surface area contributed by atoms with Crippen LogP contribution in [0.15, 0.2) is 0 Å². The fourth-order valence-electron chi connectivity index (χ4n) is 3.94. The van der Waals surface area contributed by atoms with Crippen LogP contribution in [0.4, 0.5) is 0 Å². The lowest BCUT2D eigenvalue weighted by Crippen LogP contribution is -2.44. The van der Waals surface area contributed by atoms with Gasteiger partial charge in [0.2, 0.25) is 0 Å². The molecule has 0 radical (unpaired) electrons. The number of hydrogen-bond donors (Lipinski definition) is 0. The lowest BCUT2D eigenvalue weighted by molar-refractivity contribution is -0.172. The molecule has 2 unspecified atom stereocenters. The van der Waals surface area contributed by atoms with Gasteiger partial charge in [0.15, 0.2) is 0 Å². The number of ether oxygens (including phenoxy) is 3. The predicted octanol–water partition coefficient (Wildman–Crippen LogP) is 5.22. The summed E-state index contributed by atoms with van der Waals surface area (Å²) in [5.41, 5.74) is 0. The molecule has 0 spiro atoms. The van der Waals surface area contributed by atoms with Crippen LogP contribution < -0.4 is 0 Å². The Morgan fingerprint density at radius 3 is 1.33 bits per heavy atom. The van der Waals surface area contributed by atoms with Crippen molar-refractivity contribution in [2.24, 2.45) is 17.8 Å². The molecule has 6 nitrogen and oxygen atoms in total. The van der Waals surface area contributed by atoms with Crippen LogP contribution in [0.5, 0.6) is 0 Å². The summed E-state index contributed by atoms with van der Waals surface area (Å²) in [6, 6.07) is 0. The summed E-state index contributed by atoms with van der Waals surface area (Å²) < 4.78 is 16.4. The molecule has 0 aromatic carbocycles. The Kier molecular flexibility index (Phi) is 14.2. The second kappa shape index (κ2) is 16.1. The molecular weight excluding hydrogens is 384 g/mol. The van der Waals surface area contributed by atoms with Gasteiger partial charge in [-0.15, -0.1) is 0 Å². The fourth-order valence-corrected chi connectivity index (χ4v) is 3.94. The van der Waals surface area contributed by atoms with E-state index in [0.29, 0.717) is 39.1 Å².